The molecule has 0 unspecified atom stereocenters. The van der Waals surface area contributed by atoms with Gasteiger partial charge in [0.25, 0.3) is 0 Å². The van der Waals surface area contributed by atoms with Gasteiger partial charge in [0.2, 0.25) is 0 Å². The average Bonchev–Trinajstić information content (AvgIpc) is 2.29. The first-order chi connectivity index (χ1) is 8.10. The lowest BCUT2D eigenvalue weighted by Crippen LogP contribution is -2.49. The second-order valence-electron chi connectivity index (χ2n) is 5.21. The minimum absolute atomic E-state index is 0.139. The van der Waals surface area contributed by atoms with E-state index in [1.165, 1.54) is 6.42 Å². The summed E-state index contributed by atoms with van der Waals surface area (Å²) in [5.74, 6) is -0.694. The molecule has 4 nitrogen and oxygen atoms in total. The normalized spacial score (nSPS) is 19.5. The van der Waals surface area contributed by atoms with Crippen LogP contribution < -0.4 is 0 Å². The standard InChI is InChI=1S/C13H25NO3/c1-14(9-5-6-10-15)13(11-12(16)17)7-3-2-4-8-13/h15H,2-11H2,1H3,(H,16,17). The first-order valence-electron chi connectivity index (χ1n) is 6.65. The number of hydrogen-bond acceptors (Lipinski definition) is 3. The molecule has 100 valence electrons. The Balaban J connectivity index is 2.57. The summed E-state index contributed by atoms with van der Waals surface area (Å²) in [5, 5.41) is 17.9. The highest BCUT2D eigenvalue weighted by atomic mass is 16.4. The third-order valence-corrected chi connectivity index (χ3v) is 3.98. The van der Waals surface area contributed by atoms with E-state index in [0.717, 1.165) is 45.1 Å². The van der Waals surface area contributed by atoms with Crippen LogP contribution in [0.5, 0.6) is 0 Å². The van der Waals surface area contributed by atoms with Crippen LogP contribution >= 0.6 is 0 Å². The van der Waals surface area contributed by atoms with Crippen LogP contribution in [0.25, 0.3) is 0 Å². The maximum Gasteiger partial charge on any atom is 0.305 e. The predicted octanol–water partition coefficient (Wildman–Crippen LogP) is 1.87. The molecule has 0 spiro atoms. The van der Waals surface area contributed by atoms with Gasteiger partial charge in [-0.25, -0.2) is 0 Å². The fraction of sp³-hybridized carbons (Fsp3) is 0.923. The quantitative estimate of drug-likeness (QED) is 0.670. The molecular formula is C13H25NO3. The van der Waals surface area contributed by atoms with Gasteiger partial charge < -0.3 is 15.1 Å². The smallest absolute Gasteiger partial charge is 0.305 e. The maximum absolute atomic E-state index is 11.0. The summed E-state index contributed by atoms with van der Waals surface area (Å²) in [6.45, 7) is 1.10. The van der Waals surface area contributed by atoms with Gasteiger partial charge in [-0.3, -0.25) is 4.79 Å². The van der Waals surface area contributed by atoms with Gasteiger partial charge in [-0.2, -0.15) is 0 Å². The van der Waals surface area contributed by atoms with Crippen LogP contribution in [0.4, 0.5) is 0 Å². The Labute approximate surface area is 104 Å². The molecule has 1 saturated carbocycles. The Morgan fingerprint density at radius 1 is 1.24 bits per heavy atom. The highest BCUT2D eigenvalue weighted by Crippen LogP contribution is 2.35. The van der Waals surface area contributed by atoms with Crippen LogP contribution in [0.15, 0.2) is 0 Å². The topological polar surface area (TPSA) is 60.8 Å². The number of nitrogens with zero attached hydrogens (tertiary/aromatic N) is 1. The van der Waals surface area contributed by atoms with E-state index >= 15 is 0 Å². The molecule has 0 heterocycles. The fourth-order valence-electron chi connectivity index (χ4n) is 2.88. The minimum Gasteiger partial charge on any atom is -0.481 e. The molecule has 4 heteroatoms. The number of aliphatic hydroxyl groups is 1. The lowest BCUT2D eigenvalue weighted by Gasteiger charge is -2.44. The Morgan fingerprint density at radius 2 is 1.88 bits per heavy atom. The summed E-state index contributed by atoms with van der Waals surface area (Å²) < 4.78 is 0. The van der Waals surface area contributed by atoms with Crippen molar-refractivity contribution < 1.29 is 15.0 Å². The van der Waals surface area contributed by atoms with E-state index in [0.29, 0.717) is 0 Å². The summed E-state index contributed by atoms with van der Waals surface area (Å²) in [6.07, 6.45) is 7.48. The van der Waals surface area contributed by atoms with Gasteiger partial charge in [-0.15, -0.1) is 0 Å². The molecule has 1 fully saturated rings. The molecule has 0 aromatic rings. The van der Waals surface area contributed by atoms with Gasteiger partial charge in [-0.1, -0.05) is 19.3 Å². The van der Waals surface area contributed by atoms with Crippen LogP contribution in [0, 0.1) is 0 Å². The highest BCUT2D eigenvalue weighted by molar-refractivity contribution is 5.68. The monoisotopic (exact) mass is 243 g/mol. The molecule has 17 heavy (non-hydrogen) atoms. The van der Waals surface area contributed by atoms with Crippen LogP contribution in [0.2, 0.25) is 0 Å². The summed E-state index contributed by atoms with van der Waals surface area (Å²) in [5.41, 5.74) is -0.139. The van der Waals surface area contributed by atoms with Gasteiger partial charge in [0, 0.05) is 12.1 Å². The fourth-order valence-corrected chi connectivity index (χ4v) is 2.88. The zero-order valence-corrected chi connectivity index (χ0v) is 10.8. The Bertz CT molecular complexity index is 237. The number of aliphatic hydroxyl groups excluding tert-OH is 1. The second-order valence-corrected chi connectivity index (χ2v) is 5.21. The van der Waals surface area contributed by atoms with E-state index in [9.17, 15) is 4.79 Å². The molecule has 1 aliphatic rings. The van der Waals surface area contributed by atoms with Gasteiger partial charge in [0.05, 0.1) is 6.42 Å². The van der Waals surface area contributed by atoms with Crippen molar-refractivity contribution in [1.82, 2.24) is 4.90 Å². The largest absolute Gasteiger partial charge is 0.481 e. The molecule has 0 aliphatic heterocycles. The number of carbonyl (C=O) groups is 1. The van der Waals surface area contributed by atoms with Crippen molar-refractivity contribution in [1.29, 1.82) is 0 Å². The van der Waals surface area contributed by atoms with Crippen LogP contribution in [-0.4, -0.2) is 46.8 Å². The molecular weight excluding hydrogens is 218 g/mol. The zero-order valence-electron chi connectivity index (χ0n) is 10.8. The maximum atomic E-state index is 11.0. The first-order valence-corrected chi connectivity index (χ1v) is 6.65. The molecule has 1 rings (SSSR count). The number of carboxylic acids is 1. The van der Waals surface area contributed by atoms with Crippen molar-refractivity contribution >= 4 is 5.97 Å². The third kappa shape index (κ3) is 4.28. The molecule has 0 amide bonds. The van der Waals surface area contributed by atoms with Crippen molar-refractivity contribution in [2.45, 2.75) is 56.9 Å². The van der Waals surface area contributed by atoms with Crippen LogP contribution in [0.3, 0.4) is 0 Å². The van der Waals surface area contributed by atoms with E-state index in [4.69, 9.17) is 10.2 Å². The SMILES string of the molecule is CN(CCCCO)C1(CC(=O)O)CCCCC1. The van der Waals surface area contributed by atoms with Crippen molar-refractivity contribution in [3.8, 4) is 0 Å². The van der Waals surface area contributed by atoms with Gasteiger partial charge >= 0.3 is 5.97 Å². The second kappa shape index (κ2) is 6.97. The Kier molecular flexibility index (Phi) is 5.92. The number of carboxylic acid groups (broad SMARTS) is 1. The summed E-state index contributed by atoms with van der Waals surface area (Å²) in [6, 6.07) is 0. The molecule has 2 N–H and O–H groups in total. The third-order valence-electron chi connectivity index (χ3n) is 3.98. The van der Waals surface area contributed by atoms with Crippen molar-refractivity contribution in [3.05, 3.63) is 0 Å². The minimum atomic E-state index is -0.694. The summed E-state index contributed by atoms with van der Waals surface area (Å²) in [4.78, 5) is 13.3. The number of aliphatic carboxylic acids is 1. The van der Waals surface area contributed by atoms with Gasteiger partial charge in [0.1, 0.15) is 0 Å². The number of rotatable bonds is 7. The summed E-state index contributed by atoms with van der Waals surface area (Å²) >= 11 is 0. The molecule has 0 atom stereocenters. The Hall–Kier alpha value is -0.610. The molecule has 0 aromatic heterocycles. The highest BCUT2D eigenvalue weighted by Gasteiger charge is 2.37. The van der Waals surface area contributed by atoms with Crippen molar-refractivity contribution in [2.75, 3.05) is 20.2 Å². The summed E-state index contributed by atoms with van der Waals surface area (Å²) in [7, 11) is 2.03. The number of hydrogen-bond donors (Lipinski definition) is 2. The van der Waals surface area contributed by atoms with Crippen molar-refractivity contribution in [2.24, 2.45) is 0 Å². The zero-order chi connectivity index (χ0) is 12.7. The van der Waals surface area contributed by atoms with Crippen molar-refractivity contribution in [3.63, 3.8) is 0 Å². The Morgan fingerprint density at radius 3 is 2.41 bits per heavy atom. The van der Waals surface area contributed by atoms with E-state index < -0.39 is 5.97 Å². The van der Waals surface area contributed by atoms with E-state index in [1.807, 2.05) is 7.05 Å². The lowest BCUT2D eigenvalue weighted by atomic mass is 9.78. The van der Waals surface area contributed by atoms with Gasteiger partial charge in [-0.05, 0) is 39.3 Å². The van der Waals surface area contributed by atoms with E-state index in [2.05, 4.69) is 4.90 Å². The molecule has 0 radical (unpaired) electrons. The predicted molar refractivity (Wildman–Crippen MR) is 67.0 cm³/mol. The molecule has 0 saturated heterocycles. The van der Waals surface area contributed by atoms with Gasteiger partial charge in [0.15, 0.2) is 0 Å². The van der Waals surface area contributed by atoms with Crippen LogP contribution in [0.1, 0.15) is 51.4 Å². The lowest BCUT2D eigenvalue weighted by molar-refractivity contribution is -0.141. The van der Waals surface area contributed by atoms with Crippen LogP contribution in [-0.2, 0) is 4.79 Å². The van der Waals surface area contributed by atoms with E-state index in [1.54, 1.807) is 0 Å². The molecule has 1 aliphatic carbocycles. The van der Waals surface area contributed by atoms with E-state index in [-0.39, 0.29) is 18.6 Å². The average molecular weight is 243 g/mol. The molecule has 0 aromatic carbocycles. The molecule has 0 bridgehead atoms. The first kappa shape index (κ1) is 14.5. The number of unbranched alkanes of at least 4 members (excludes halogenated alkanes) is 1.